The number of hydrogen-bond donors (Lipinski definition) is 1. The van der Waals surface area contributed by atoms with Gasteiger partial charge in [0.25, 0.3) is 11.8 Å². The highest BCUT2D eigenvalue weighted by Crippen LogP contribution is 2.28. The van der Waals surface area contributed by atoms with Crippen molar-refractivity contribution in [3.8, 4) is 0 Å². The smallest absolute Gasteiger partial charge is 0.303 e. The van der Waals surface area contributed by atoms with Crippen LogP contribution in [0.25, 0.3) is 0 Å². The van der Waals surface area contributed by atoms with Crippen molar-refractivity contribution in [1.29, 1.82) is 0 Å². The maximum atomic E-state index is 11.6. The molecule has 0 saturated carbocycles. The summed E-state index contributed by atoms with van der Waals surface area (Å²) in [4.78, 5) is 34.9. The molecular formula is C13H19NO4. The Morgan fingerprint density at radius 3 is 2.39 bits per heavy atom. The van der Waals surface area contributed by atoms with E-state index in [9.17, 15) is 14.4 Å². The molecule has 0 fully saturated rings. The van der Waals surface area contributed by atoms with Gasteiger partial charge in [0.05, 0.1) is 0 Å². The number of amides is 2. The zero-order chi connectivity index (χ0) is 13.9. The highest BCUT2D eigenvalue weighted by Gasteiger charge is 2.30. The van der Waals surface area contributed by atoms with Crippen LogP contribution in [0.3, 0.4) is 0 Å². The molecule has 2 amide bonds. The van der Waals surface area contributed by atoms with Crippen molar-refractivity contribution >= 4 is 17.8 Å². The van der Waals surface area contributed by atoms with Gasteiger partial charge >= 0.3 is 5.97 Å². The third-order valence-electron chi connectivity index (χ3n) is 3.22. The summed E-state index contributed by atoms with van der Waals surface area (Å²) >= 11 is 0. The number of carbonyl (C=O) groups is 3. The lowest BCUT2D eigenvalue weighted by atomic mass is 9.84. The second-order valence-corrected chi connectivity index (χ2v) is 5.43. The molecule has 0 bridgehead atoms. The number of carboxylic acid groups (broad SMARTS) is 1. The zero-order valence-corrected chi connectivity index (χ0v) is 11.0. The van der Waals surface area contributed by atoms with E-state index in [1.54, 1.807) is 6.92 Å². The largest absolute Gasteiger partial charge is 0.481 e. The van der Waals surface area contributed by atoms with E-state index < -0.39 is 5.97 Å². The van der Waals surface area contributed by atoms with Crippen LogP contribution in [0.4, 0.5) is 0 Å². The molecule has 0 spiro atoms. The van der Waals surface area contributed by atoms with Gasteiger partial charge in [0, 0.05) is 24.6 Å². The highest BCUT2D eigenvalue weighted by molar-refractivity contribution is 6.15. The van der Waals surface area contributed by atoms with Crippen LogP contribution in [0.2, 0.25) is 0 Å². The molecule has 5 nitrogen and oxygen atoms in total. The van der Waals surface area contributed by atoms with E-state index in [0.717, 1.165) is 0 Å². The van der Waals surface area contributed by atoms with E-state index in [1.807, 2.05) is 13.8 Å². The molecule has 100 valence electrons. The quantitative estimate of drug-likeness (QED) is 0.729. The maximum absolute atomic E-state index is 11.6. The Hall–Kier alpha value is -1.65. The van der Waals surface area contributed by atoms with Gasteiger partial charge in [0.15, 0.2) is 0 Å². The Kier molecular flexibility index (Phi) is 4.27. The minimum absolute atomic E-state index is 0.103. The Balaban J connectivity index is 2.48. The van der Waals surface area contributed by atoms with E-state index in [0.29, 0.717) is 25.0 Å². The molecule has 1 aliphatic heterocycles. The summed E-state index contributed by atoms with van der Waals surface area (Å²) in [5, 5.41) is 8.65. The van der Waals surface area contributed by atoms with E-state index in [4.69, 9.17) is 5.11 Å². The number of aliphatic carboxylic acids is 1. The number of rotatable bonds is 6. The predicted molar refractivity (Wildman–Crippen MR) is 65.7 cm³/mol. The van der Waals surface area contributed by atoms with E-state index in [1.165, 1.54) is 11.0 Å². The van der Waals surface area contributed by atoms with Gasteiger partial charge < -0.3 is 5.11 Å². The standard InChI is InChI=1S/C13H19NO4/c1-9-8-10(15)14(12(9)18)7-6-13(2,3)5-4-11(16)17/h8H,4-7H2,1-3H3,(H,16,17). The zero-order valence-electron chi connectivity index (χ0n) is 11.0. The van der Waals surface area contributed by atoms with E-state index in [2.05, 4.69) is 0 Å². The van der Waals surface area contributed by atoms with Gasteiger partial charge in [-0.3, -0.25) is 19.3 Å². The van der Waals surface area contributed by atoms with Crippen LogP contribution in [0.1, 0.15) is 40.0 Å². The Morgan fingerprint density at radius 1 is 1.33 bits per heavy atom. The molecular weight excluding hydrogens is 234 g/mol. The normalized spacial score (nSPS) is 16.2. The summed E-state index contributed by atoms with van der Waals surface area (Å²) in [7, 11) is 0. The Bertz CT molecular complexity index is 409. The van der Waals surface area contributed by atoms with Crippen LogP contribution in [0.15, 0.2) is 11.6 Å². The molecule has 0 aliphatic carbocycles. The van der Waals surface area contributed by atoms with Crippen molar-refractivity contribution in [3.05, 3.63) is 11.6 Å². The molecule has 0 aromatic heterocycles. The first-order valence-electron chi connectivity index (χ1n) is 5.99. The minimum atomic E-state index is -0.825. The second-order valence-electron chi connectivity index (χ2n) is 5.43. The molecule has 0 atom stereocenters. The number of nitrogens with zero attached hydrogens (tertiary/aromatic N) is 1. The van der Waals surface area contributed by atoms with Gasteiger partial charge in [-0.15, -0.1) is 0 Å². The lowest BCUT2D eigenvalue weighted by molar-refractivity contribution is -0.139. The van der Waals surface area contributed by atoms with Gasteiger partial charge in [-0.2, -0.15) is 0 Å². The van der Waals surface area contributed by atoms with Crippen molar-refractivity contribution in [2.45, 2.75) is 40.0 Å². The van der Waals surface area contributed by atoms with Crippen LogP contribution in [0, 0.1) is 5.41 Å². The Labute approximate surface area is 106 Å². The maximum Gasteiger partial charge on any atom is 0.303 e. The lowest BCUT2D eigenvalue weighted by Gasteiger charge is -2.26. The van der Waals surface area contributed by atoms with Crippen LogP contribution >= 0.6 is 0 Å². The molecule has 0 saturated heterocycles. The van der Waals surface area contributed by atoms with Crippen molar-refractivity contribution in [3.63, 3.8) is 0 Å². The van der Waals surface area contributed by atoms with Gasteiger partial charge in [-0.25, -0.2) is 0 Å². The molecule has 5 heteroatoms. The average molecular weight is 253 g/mol. The molecule has 1 N–H and O–H groups in total. The third-order valence-corrected chi connectivity index (χ3v) is 3.22. The first-order chi connectivity index (χ1) is 8.23. The minimum Gasteiger partial charge on any atom is -0.481 e. The molecule has 0 aromatic carbocycles. The molecule has 0 unspecified atom stereocenters. The van der Waals surface area contributed by atoms with Gasteiger partial charge in [-0.05, 0) is 25.2 Å². The van der Waals surface area contributed by atoms with Crippen molar-refractivity contribution < 1.29 is 19.5 Å². The van der Waals surface area contributed by atoms with Crippen LogP contribution < -0.4 is 0 Å². The van der Waals surface area contributed by atoms with Gasteiger partial charge in [0.2, 0.25) is 0 Å². The fourth-order valence-corrected chi connectivity index (χ4v) is 1.83. The molecule has 1 rings (SSSR count). The molecule has 0 aromatic rings. The number of hydrogen-bond acceptors (Lipinski definition) is 3. The van der Waals surface area contributed by atoms with Crippen LogP contribution in [-0.2, 0) is 14.4 Å². The Morgan fingerprint density at radius 2 is 1.94 bits per heavy atom. The summed E-state index contributed by atoms with van der Waals surface area (Å²) in [6, 6.07) is 0. The summed E-state index contributed by atoms with van der Waals surface area (Å²) in [5.74, 6) is -1.34. The number of carboxylic acids is 1. The highest BCUT2D eigenvalue weighted by atomic mass is 16.4. The van der Waals surface area contributed by atoms with Crippen LogP contribution in [0.5, 0.6) is 0 Å². The lowest BCUT2D eigenvalue weighted by Crippen LogP contribution is -2.34. The first-order valence-corrected chi connectivity index (χ1v) is 5.99. The SMILES string of the molecule is CC1=CC(=O)N(CCC(C)(C)CCC(=O)O)C1=O. The summed E-state index contributed by atoms with van der Waals surface area (Å²) in [6.45, 7) is 5.86. The first kappa shape index (κ1) is 14.4. The number of carbonyl (C=O) groups excluding carboxylic acids is 2. The summed E-state index contributed by atoms with van der Waals surface area (Å²) < 4.78 is 0. The van der Waals surface area contributed by atoms with E-state index in [-0.39, 0.29) is 23.7 Å². The monoisotopic (exact) mass is 253 g/mol. The predicted octanol–water partition coefficient (Wildman–Crippen LogP) is 1.58. The molecule has 18 heavy (non-hydrogen) atoms. The fourth-order valence-electron chi connectivity index (χ4n) is 1.83. The van der Waals surface area contributed by atoms with E-state index >= 15 is 0 Å². The van der Waals surface area contributed by atoms with Crippen molar-refractivity contribution in [2.24, 2.45) is 5.41 Å². The van der Waals surface area contributed by atoms with Crippen molar-refractivity contribution in [2.75, 3.05) is 6.54 Å². The fraction of sp³-hybridized carbons (Fsp3) is 0.615. The second kappa shape index (κ2) is 5.33. The van der Waals surface area contributed by atoms with Gasteiger partial charge in [-0.1, -0.05) is 13.8 Å². The molecule has 1 heterocycles. The summed E-state index contributed by atoms with van der Waals surface area (Å²) in [6.07, 6.45) is 2.59. The summed E-state index contributed by atoms with van der Waals surface area (Å²) in [5.41, 5.74) is 0.262. The topological polar surface area (TPSA) is 74.7 Å². The number of imide groups is 1. The average Bonchev–Trinajstić information content (AvgIpc) is 2.49. The third kappa shape index (κ3) is 3.68. The van der Waals surface area contributed by atoms with Crippen molar-refractivity contribution in [1.82, 2.24) is 4.90 Å². The molecule has 1 aliphatic rings. The van der Waals surface area contributed by atoms with Crippen LogP contribution in [-0.4, -0.2) is 34.3 Å². The van der Waals surface area contributed by atoms with Gasteiger partial charge in [0.1, 0.15) is 0 Å². The molecule has 0 radical (unpaired) electrons.